The maximum Gasteiger partial charge on any atom is 0.435 e. The van der Waals surface area contributed by atoms with Crippen molar-refractivity contribution in [2.75, 3.05) is 19.6 Å². The first-order valence-corrected chi connectivity index (χ1v) is 12.3. The molecule has 2 aromatic carbocycles. The minimum Gasteiger partial charge on any atom is -0.374 e. The number of piperazine rings is 1. The number of hydrogen-bond donors (Lipinski definition) is 0. The maximum absolute atomic E-state index is 14.2. The molecule has 0 spiro atoms. The third kappa shape index (κ3) is 6.04. The van der Waals surface area contributed by atoms with Crippen molar-refractivity contribution in [3.63, 3.8) is 0 Å². The summed E-state index contributed by atoms with van der Waals surface area (Å²) >= 11 is 11.8. The molecule has 0 radical (unpaired) electrons. The molecule has 40 heavy (non-hydrogen) atoms. The van der Waals surface area contributed by atoms with E-state index in [2.05, 4.69) is 5.16 Å². The van der Waals surface area contributed by atoms with Gasteiger partial charge in [0.2, 0.25) is 17.7 Å². The third-order valence-corrected chi connectivity index (χ3v) is 6.91. The van der Waals surface area contributed by atoms with Crippen LogP contribution in [-0.2, 0) is 31.2 Å². The van der Waals surface area contributed by atoms with Gasteiger partial charge < -0.3 is 9.74 Å². The van der Waals surface area contributed by atoms with Gasteiger partial charge in [-0.25, -0.2) is 0 Å². The van der Waals surface area contributed by atoms with E-state index < -0.39 is 61.7 Å². The topological polar surface area (TPSA) is 79.3 Å². The number of carbonyl (C=O) groups excluding carboxylic acids is 3. The van der Waals surface area contributed by atoms with Crippen molar-refractivity contribution in [3.05, 3.63) is 68.7 Å². The van der Waals surface area contributed by atoms with Gasteiger partial charge in [-0.2, -0.15) is 26.3 Å². The number of oxime groups is 1. The molecule has 0 bridgehead atoms. The SMILES string of the molecule is Cc1cc(C2=NOC(c3cc(Cl)cc(Cl)c3)(C(F)(F)F)C2)ccc1CC(=O)N1CC(=O)N(CC(F)(F)F)C(=O)C1. The number of amides is 3. The van der Waals surface area contributed by atoms with Crippen LogP contribution in [0.4, 0.5) is 26.3 Å². The highest BCUT2D eigenvalue weighted by molar-refractivity contribution is 6.34. The summed E-state index contributed by atoms with van der Waals surface area (Å²) in [5.41, 5.74) is -1.97. The number of hydrogen-bond acceptors (Lipinski definition) is 5. The molecule has 214 valence electrons. The van der Waals surface area contributed by atoms with Gasteiger partial charge in [-0.1, -0.05) is 40.5 Å². The van der Waals surface area contributed by atoms with Crippen LogP contribution < -0.4 is 0 Å². The zero-order chi connectivity index (χ0) is 29.6. The zero-order valence-corrected chi connectivity index (χ0v) is 22.0. The Morgan fingerprint density at radius 2 is 1.60 bits per heavy atom. The number of nitrogens with zero attached hydrogens (tertiary/aromatic N) is 3. The second-order valence-electron chi connectivity index (χ2n) is 9.35. The van der Waals surface area contributed by atoms with Crippen molar-refractivity contribution in [3.8, 4) is 0 Å². The van der Waals surface area contributed by atoms with E-state index in [0.717, 1.165) is 17.0 Å². The van der Waals surface area contributed by atoms with E-state index in [1.165, 1.54) is 24.3 Å². The van der Waals surface area contributed by atoms with Crippen molar-refractivity contribution in [1.29, 1.82) is 0 Å². The second-order valence-corrected chi connectivity index (χ2v) is 10.2. The molecule has 1 saturated heterocycles. The van der Waals surface area contributed by atoms with Crippen LogP contribution in [-0.4, -0.2) is 65.2 Å². The molecule has 0 aromatic heterocycles. The highest BCUT2D eigenvalue weighted by atomic mass is 35.5. The highest BCUT2D eigenvalue weighted by Crippen LogP contribution is 2.49. The minimum atomic E-state index is -4.88. The molecular weight excluding hydrogens is 591 g/mol. The summed E-state index contributed by atoms with van der Waals surface area (Å²) in [7, 11) is 0. The van der Waals surface area contributed by atoms with Gasteiger partial charge in [0, 0.05) is 22.0 Å². The minimum absolute atomic E-state index is 0.0156. The smallest absolute Gasteiger partial charge is 0.374 e. The van der Waals surface area contributed by atoms with Crippen molar-refractivity contribution < 1.29 is 45.6 Å². The quantitative estimate of drug-likeness (QED) is 0.345. The number of imide groups is 1. The molecule has 2 heterocycles. The Labute approximate surface area is 233 Å². The highest BCUT2D eigenvalue weighted by Gasteiger charge is 2.62. The number of aryl methyl sites for hydroxylation is 1. The summed E-state index contributed by atoms with van der Waals surface area (Å²) in [6, 6.07) is 7.88. The Morgan fingerprint density at radius 1 is 1.00 bits per heavy atom. The Hall–Kier alpha value is -3.32. The summed E-state index contributed by atoms with van der Waals surface area (Å²) in [5.74, 6) is -2.98. The summed E-state index contributed by atoms with van der Waals surface area (Å²) in [6.45, 7) is -1.54. The van der Waals surface area contributed by atoms with E-state index in [0.29, 0.717) is 16.7 Å². The van der Waals surface area contributed by atoms with Gasteiger partial charge in [0.05, 0.1) is 12.1 Å². The lowest BCUT2D eigenvalue weighted by Crippen LogP contribution is -2.57. The maximum atomic E-state index is 14.2. The molecule has 0 aliphatic carbocycles. The molecule has 15 heteroatoms. The molecule has 2 aliphatic rings. The van der Waals surface area contributed by atoms with Gasteiger partial charge in [0.15, 0.2) is 0 Å². The Bertz CT molecular complexity index is 1370. The third-order valence-electron chi connectivity index (χ3n) is 6.48. The standard InChI is InChI=1S/C25H19Cl2F6N3O4/c1-13-4-15(19-9-23(40-34-19,25(31,32)33)16-6-17(26)8-18(27)7-16)3-2-14(13)5-20(37)35-10-21(38)36(22(39)11-35)12-24(28,29)30/h2-4,6-8H,5,9-12H2,1H3. The number of carbonyl (C=O) groups is 3. The predicted molar refractivity (Wildman–Crippen MR) is 131 cm³/mol. The average molecular weight is 610 g/mol. The normalized spacial score (nSPS) is 20.1. The molecule has 4 rings (SSSR count). The number of rotatable bonds is 5. The Balaban J connectivity index is 1.49. The first kappa shape index (κ1) is 29.7. The lowest BCUT2D eigenvalue weighted by molar-refractivity contribution is -0.275. The van der Waals surface area contributed by atoms with Crippen LogP contribution >= 0.6 is 23.2 Å². The molecule has 2 aliphatic heterocycles. The largest absolute Gasteiger partial charge is 0.435 e. The zero-order valence-electron chi connectivity index (χ0n) is 20.5. The van der Waals surface area contributed by atoms with E-state index in [1.807, 2.05) is 0 Å². The predicted octanol–water partition coefficient (Wildman–Crippen LogP) is 5.19. The van der Waals surface area contributed by atoms with Gasteiger partial charge in [0.1, 0.15) is 19.6 Å². The van der Waals surface area contributed by atoms with Gasteiger partial charge in [-0.3, -0.25) is 19.3 Å². The number of benzene rings is 2. The second kappa shape index (κ2) is 10.6. The monoisotopic (exact) mass is 609 g/mol. The summed E-state index contributed by atoms with van der Waals surface area (Å²) in [5, 5.41) is 3.66. The van der Waals surface area contributed by atoms with Gasteiger partial charge in [-0.05, 0) is 47.9 Å². The lowest BCUT2D eigenvalue weighted by atomic mass is 9.86. The van der Waals surface area contributed by atoms with Crippen LogP contribution in [0.5, 0.6) is 0 Å². The molecule has 1 atom stereocenters. The van der Waals surface area contributed by atoms with Crippen molar-refractivity contribution in [1.82, 2.24) is 9.80 Å². The van der Waals surface area contributed by atoms with Gasteiger partial charge in [-0.15, -0.1) is 0 Å². The van der Waals surface area contributed by atoms with Crippen LogP contribution in [0.1, 0.15) is 28.7 Å². The molecule has 0 saturated carbocycles. The molecule has 2 aromatic rings. The fourth-order valence-corrected chi connectivity index (χ4v) is 4.94. The molecule has 7 nitrogen and oxygen atoms in total. The molecule has 3 amide bonds. The first-order valence-electron chi connectivity index (χ1n) is 11.5. The summed E-state index contributed by atoms with van der Waals surface area (Å²) < 4.78 is 80.6. The van der Waals surface area contributed by atoms with Crippen molar-refractivity contribution in [2.24, 2.45) is 5.16 Å². The molecule has 0 N–H and O–H groups in total. The van der Waals surface area contributed by atoms with Crippen LogP contribution in [0.25, 0.3) is 0 Å². The van der Waals surface area contributed by atoms with Crippen molar-refractivity contribution >= 4 is 46.6 Å². The van der Waals surface area contributed by atoms with Crippen molar-refractivity contribution in [2.45, 2.75) is 37.7 Å². The van der Waals surface area contributed by atoms with Crippen LogP contribution in [0.3, 0.4) is 0 Å². The number of halogens is 8. The lowest BCUT2D eigenvalue weighted by Gasteiger charge is -2.33. The molecule has 1 unspecified atom stereocenters. The fourth-order valence-electron chi connectivity index (χ4n) is 4.42. The average Bonchev–Trinajstić information content (AvgIpc) is 3.28. The first-order chi connectivity index (χ1) is 18.5. The van der Waals surface area contributed by atoms with Crippen LogP contribution in [0.2, 0.25) is 10.0 Å². The van der Waals surface area contributed by atoms with E-state index in [1.54, 1.807) is 6.92 Å². The summed E-state index contributed by atoms with van der Waals surface area (Å²) in [6.07, 6.45) is -10.6. The van der Waals surface area contributed by atoms with Crippen LogP contribution in [0, 0.1) is 6.92 Å². The van der Waals surface area contributed by atoms with Crippen LogP contribution in [0.15, 0.2) is 41.6 Å². The molecular formula is C25H19Cl2F6N3O4. The Kier molecular flexibility index (Phi) is 7.85. The fraction of sp³-hybridized carbons (Fsp3) is 0.360. The Morgan fingerprint density at radius 3 is 2.12 bits per heavy atom. The summed E-state index contributed by atoms with van der Waals surface area (Å²) in [4.78, 5) is 42.8. The van der Waals surface area contributed by atoms with Gasteiger partial charge in [0.25, 0.3) is 5.60 Å². The molecule has 1 fully saturated rings. The van der Waals surface area contributed by atoms with E-state index >= 15 is 0 Å². The number of alkyl halides is 6. The van der Waals surface area contributed by atoms with E-state index in [-0.39, 0.29) is 32.6 Å². The van der Waals surface area contributed by atoms with Gasteiger partial charge >= 0.3 is 12.4 Å². The van der Waals surface area contributed by atoms with E-state index in [4.69, 9.17) is 28.0 Å². The van der Waals surface area contributed by atoms with E-state index in [9.17, 15) is 40.7 Å².